The van der Waals surface area contributed by atoms with Gasteiger partial charge in [-0.1, -0.05) is 66.7 Å². The van der Waals surface area contributed by atoms with Gasteiger partial charge >= 0.3 is 5.97 Å². The Morgan fingerprint density at radius 3 is 2.46 bits per heavy atom. The summed E-state index contributed by atoms with van der Waals surface area (Å²) < 4.78 is 5.12. The van der Waals surface area contributed by atoms with Crippen molar-refractivity contribution in [3.8, 4) is 0 Å². The average molecular weight is 318 g/mol. The first kappa shape index (κ1) is 15.7. The highest BCUT2D eigenvalue weighted by Crippen LogP contribution is 2.23. The molecular formula is C20H18N2O2. The molecule has 0 bridgehead atoms. The maximum absolute atomic E-state index is 12.2. The molecule has 4 heteroatoms. The molecule has 0 aliphatic heterocycles. The molecule has 4 nitrogen and oxygen atoms in total. The number of carbonyl (C=O) groups is 1. The van der Waals surface area contributed by atoms with E-state index in [0.717, 1.165) is 16.5 Å². The summed E-state index contributed by atoms with van der Waals surface area (Å²) >= 11 is 0. The number of rotatable bonds is 5. The zero-order chi connectivity index (χ0) is 16.8. The van der Waals surface area contributed by atoms with E-state index >= 15 is 0 Å². The number of hydrogen-bond donors (Lipinski definition) is 1. The first-order valence-corrected chi connectivity index (χ1v) is 7.83. The van der Waals surface area contributed by atoms with Gasteiger partial charge in [0.2, 0.25) is 0 Å². The summed E-state index contributed by atoms with van der Waals surface area (Å²) in [6, 6.07) is 23.2. The van der Waals surface area contributed by atoms with Gasteiger partial charge in [-0.2, -0.15) is 5.10 Å². The van der Waals surface area contributed by atoms with Crippen molar-refractivity contribution in [2.75, 3.05) is 12.0 Å². The van der Waals surface area contributed by atoms with E-state index in [2.05, 4.69) is 10.5 Å². The van der Waals surface area contributed by atoms with E-state index in [1.54, 1.807) is 6.92 Å². The topological polar surface area (TPSA) is 50.7 Å². The number of fused-ring (bicyclic) bond motifs is 1. The van der Waals surface area contributed by atoms with Gasteiger partial charge in [0.1, 0.15) is 0 Å². The summed E-state index contributed by atoms with van der Waals surface area (Å²) in [7, 11) is 0. The summed E-state index contributed by atoms with van der Waals surface area (Å²) in [5, 5.41) is 6.47. The lowest BCUT2D eigenvalue weighted by Gasteiger charge is -2.09. The van der Waals surface area contributed by atoms with Crippen molar-refractivity contribution in [3.63, 3.8) is 0 Å². The van der Waals surface area contributed by atoms with E-state index in [9.17, 15) is 4.79 Å². The second-order valence-corrected chi connectivity index (χ2v) is 5.19. The third-order valence-corrected chi connectivity index (χ3v) is 3.59. The summed E-state index contributed by atoms with van der Waals surface area (Å²) in [4.78, 5) is 12.2. The third-order valence-electron chi connectivity index (χ3n) is 3.59. The van der Waals surface area contributed by atoms with E-state index in [-0.39, 0.29) is 5.71 Å². The minimum Gasteiger partial charge on any atom is -0.461 e. The summed E-state index contributed by atoms with van der Waals surface area (Å²) in [5.74, 6) is -0.448. The van der Waals surface area contributed by atoms with Crippen LogP contribution in [-0.4, -0.2) is 18.3 Å². The zero-order valence-electron chi connectivity index (χ0n) is 13.4. The van der Waals surface area contributed by atoms with Gasteiger partial charge in [0.05, 0.1) is 12.3 Å². The van der Waals surface area contributed by atoms with E-state index < -0.39 is 5.97 Å². The summed E-state index contributed by atoms with van der Waals surface area (Å²) in [6.07, 6.45) is 0. The van der Waals surface area contributed by atoms with Gasteiger partial charge in [-0.3, -0.25) is 5.43 Å². The van der Waals surface area contributed by atoms with Crippen molar-refractivity contribution in [2.45, 2.75) is 6.92 Å². The van der Waals surface area contributed by atoms with Crippen LogP contribution in [0.15, 0.2) is 77.9 Å². The van der Waals surface area contributed by atoms with E-state index in [1.807, 2.05) is 72.8 Å². The molecule has 0 atom stereocenters. The quantitative estimate of drug-likeness (QED) is 0.435. The molecule has 1 N–H and O–H groups in total. The van der Waals surface area contributed by atoms with Crippen molar-refractivity contribution in [1.82, 2.24) is 0 Å². The first-order valence-electron chi connectivity index (χ1n) is 7.83. The number of hydrazone groups is 1. The normalized spacial score (nSPS) is 11.3. The molecule has 0 saturated carbocycles. The summed E-state index contributed by atoms with van der Waals surface area (Å²) in [6.45, 7) is 2.08. The SMILES string of the molecule is CCOC(=O)/C(=N\Nc1cccc2ccccc12)c1ccccc1. The van der Waals surface area contributed by atoms with Crippen LogP contribution >= 0.6 is 0 Å². The lowest BCUT2D eigenvalue weighted by Crippen LogP contribution is -2.20. The number of benzene rings is 3. The molecule has 0 heterocycles. The minimum atomic E-state index is -0.448. The largest absolute Gasteiger partial charge is 0.461 e. The van der Waals surface area contributed by atoms with E-state index in [1.165, 1.54) is 0 Å². The molecule has 0 unspecified atom stereocenters. The van der Waals surface area contributed by atoms with Crippen molar-refractivity contribution in [2.24, 2.45) is 5.10 Å². The van der Waals surface area contributed by atoms with Crippen LogP contribution in [0.5, 0.6) is 0 Å². The standard InChI is InChI=1S/C20H18N2O2/c1-2-24-20(23)19(16-10-4-3-5-11-16)22-21-18-14-8-12-15-9-6-7-13-17(15)18/h3-14,21H,2H2,1H3/b22-19-. The lowest BCUT2D eigenvalue weighted by atomic mass is 10.1. The monoisotopic (exact) mass is 318 g/mol. The molecule has 0 spiro atoms. The van der Waals surface area contributed by atoms with Crippen LogP contribution in [0.3, 0.4) is 0 Å². The Labute approximate surface area is 140 Å². The predicted molar refractivity (Wildman–Crippen MR) is 97.2 cm³/mol. The van der Waals surface area contributed by atoms with Crippen LogP contribution in [0.4, 0.5) is 5.69 Å². The Balaban J connectivity index is 1.97. The highest BCUT2D eigenvalue weighted by molar-refractivity contribution is 6.43. The van der Waals surface area contributed by atoms with Crippen molar-refractivity contribution < 1.29 is 9.53 Å². The zero-order valence-corrected chi connectivity index (χ0v) is 13.4. The molecule has 3 rings (SSSR count). The van der Waals surface area contributed by atoms with Gasteiger partial charge < -0.3 is 4.74 Å². The first-order chi connectivity index (χ1) is 11.8. The molecule has 0 aliphatic carbocycles. The van der Waals surface area contributed by atoms with Crippen LogP contribution in [0, 0.1) is 0 Å². The Morgan fingerprint density at radius 2 is 1.67 bits per heavy atom. The van der Waals surface area contributed by atoms with E-state index in [0.29, 0.717) is 12.2 Å². The second-order valence-electron chi connectivity index (χ2n) is 5.19. The number of esters is 1. The fourth-order valence-electron chi connectivity index (χ4n) is 2.46. The number of nitrogens with zero attached hydrogens (tertiary/aromatic N) is 1. The van der Waals surface area contributed by atoms with Crippen LogP contribution in [-0.2, 0) is 9.53 Å². The highest BCUT2D eigenvalue weighted by Gasteiger charge is 2.15. The number of anilines is 1. The number of ether oxygens (including phenoxy) is 1. The van der Waals surface area contributed by atoms with Crippen LogP contribution in [0.2, 0.25) is 0 Å². The maximum atomic E-state index is 12.2. The molecule has 24 heavy (non-hydrogen) atoms. The van der Waals surface area contributed by atoms with Crippen molar-refractivity contribution >= 4 is 28.1 Å². The van der Waals surface area contributed by atoms with Gasteiger partial charge in [-0.25, -0.2) is 4.79 Å². The molecule has 0 saturated heterocycles. The molecule has 3 aromatic rings. The molecule has 0 aliphatic rings. The predicted octanol–water partition coefficient (Wildman–Crippen LogP) is 4.22. The Morgan fingerprint density at radius 1 is 0.958 bits per heavy atom. The average Bonchev–Trinajstić information content (AvgIpc) is 2.63. The highest BCUT2D eigenvalue weighted by atomic mass is 16.5. The minimum absolute atomic E-state index is 0.255. The van der Waals surface area contributed by atoms with Gasteiger partial charge in [-0.15, -0.1) is 0 Å². The Hall–Kier alpha value is -3.14. The van der Waals surface area contributed by atoms with E-state index in [4.69, 9.17) is 4.74 Å². The van der Waals surface area contributed by atoms with Gasteiger partial charge in [-0.05, 0) is 18.4 Å². The Kier molecular flexibility index (Phi) is 4.87. The van der Waals surface area contributed by atoms with Gasteiger partial charge in [0, 0.05) is 10.9 Å². The van der Waals surface area contributed by atoms with Gasteiger partial charge in [0.25, 0.3) is 0 Å². The molecular weight excluding hydrogens is 300 g/mol. The number of carbonyl (C=O) groups excluding carboxylic acids is 1. The van der Waals surface area contributed by atoms with Crippen LogP contribution in [0.1, 0.15) is 12.5 Å². The fraction of sp³-hybridized carbons (Fsp3) is 0.100. The van der Waals surface area contributed by atoms with Crippen molar-refractivity contribution in [1.29, 1.82) is 0 Å². The van der Waals surface area contributed by atoms with Crippen molar-refractivity contribution in [3.05, 3.63) is 78.4 Å². The molecule has 0 fully saturated rings. The molecule has 120 valence electrons. The van der Waals surface area contributed by atoms with Gasteiger partial charge in [0.15, 0.2) is 5.71 Å². The van der Waals surface area contributed by atoms with Crippen LogP contribution in [0.25, 0.3) is 10.8 Å². The molecule has 0 radical (unpaired) electrons. The smallest absolute Gasteiger partial charge is 0.359 e. The molecule has 3 aromatic carbocycles. The second kappa shape index (κ2) is 7.42. The molecule has 0 aromatic heterocycles. The van der Waals surface area contributed by atoms with Crippen LogP contribution < -0.4 is 5.43 Å². The fourth-order valence-corrected chi connectivity index (χ4v) is 2.46. The third kappa shape index (κ3) is 3.43. The number of nitrogens with one attached hydrogen (secondary N) is 1. The Bertz CT molecular complexity index is 868. The summed E-state index contributed by atoms with van der Waals surface area (Å²) in [5.41, 5.74) is 4.82. The lowest BCUT2D eigenvalue weighted by molar-refractivity contribution is -0.134. The maximum Gasteiger partial charge on any atom is 0.359 e. The number of hydrogen-bond acceptors (Lipinski definition) is 4. The molecule has 0 amide bonds.